The van der Waals surface area contributed by atoms with E-state index in [1.165, 1.54) is 0 Å². The molecule has 0 atom stereocenters. The predicted molar refractivity (Wildman–Crippen MR) is 77.1 cm³/mol. The number of rotatable bonds is 5. The van der Waals surface area contributed by atoms with Crippen molar-refractivity contribution in [1.29, 1.82) is 0 Å². The molecule has 0 unspecified atom stereocenters. The molecular formula is C15H16N4O2. The maximum atomic E-state index is 10.6. The van der Waals surface area contributed by atoms with Gasteiger partial charge in [0.05, 0.1) is 18.4 Å². The highest BCUT2D eigenvalue weighted by Crippen LogP contribution is 2.21. The summed E-state index contributed by atoms with van der Waals surface area (Å²) >= 11 is 0. The third-order valence-electron chi connectivity index (χ3n) is 3.44. The zero-order valence-electron chi connectivity index (χ0n) is 12.0. The van der Waals surface area contributed by atoms with E-state index < -0.39 is 0 Å². The van der Waals surface area contributed by atoms with Crippen LogP contribution in [0.1, 0.15) is 28.9 Å². The lowest BCUT2D eigenvalue weighted by Gasteiger charge is -2.00. The molecule has 0 saturated heterocycles. The van der Waals surface area contributed by atoms with Crippen molar-refractivity contribution < 1.29 is 9.21 Å². The minimum Gasteiger partial charge on any atom is -0.456 e. The largest absolute Gasteiger partial charge is 0.456 e. The Balaban J connectivity index is 1.82. The van der Waals surface area contributed by atoms with Gasteiger partial charge < -0.3 is 4.42 Å². The lowest BCUT2D eigenvalue weighted by Crippen LogP contribution is -2.00. The molecule has 6 nitrogen and oxygen atoms in total. The van der Waals surface area contributed by atoms with E-state index in [4.69, 9.17) is 4.42 Å². The van der Waals surface area contributed by atoms with E-state index in [-0.39, 0.29) is 0 Å². The van der Waals surface area contributed by atoms with Crippen molar-refractivity contribution in [3.63, 3.8) is 0 Å². The second-order valence-corrected chi connectivity index (χ2v) is 4.78. The first-order valence-electron chi connectivity index (χ1n) is 6.81. The van der Waals surface area contributed by atoms with Crippen LogP contribution in [0.3, 0.4) is 0 Å². The highest BCUT2D eigenvalue weighted by molar-refractivity contribution is 5.70. The van der Waals surface area contributed by atoms with Crippen LogP contribution in [0.5, 0.6) is 0 Å². The first-order chi connectivity index (χ1) is 10.2. The molecule has 0 aromatic carbocycles. The number of aryl methyl sites for hydroxylation is 1. The van der Waals surface area contributed by atoms with Crippen LogP contribution in [-0.4, -0.2) is 25.8 Å². The molecule has 3 aromatic rings. The minimum absolute atomic E-state index is 0.331. The van der Waals surface area contributed by atoms with Crippen LogP contribution >= 0.6 is 0 Å². The number of furan rings is 1. The molecule has 3 heterocycles. The van der Waals surface area contributed by atoms with E-state index in [2.05, 4.69) is 17.1 Å². The van der Waals surface area contributed by atoms with E-state index in [0.717, 1.165) is 23.5 Å². The van der Waals surface area contributed by atoms with E-state index in [9.17, 15) is 4.79 Å². The Labute approximate surface area is 122 Å². The highest BCUT2D eigenvalue weighted by Gasteiger charge is 2.11. The van der Waals surface area contributed by atoms with Gasteiger partial charge in [0.1, 0.15) is 5.76 Å². The van der Waals surface area contributed by atoms with Gasteiger partial charge in [0, 0.05) is 24.0 Å². The lowest BCUT2D eigenvalue weighted by atomic mass is 10.2. The number of carbonyl (C=O) groups is 1. The summed E-state index contributed by atoms with van der Waals surface area (Å²) in [5.41, 5.74) is 3.02. The standard InChI is InChI=1S/C15H16N4O2/c1-3-19-11(2)14(8-16-19)15-6-7-18(17-15)9-12-4-5-13(10-20)21-12/h4-8,10H,3,9H2,1-2H3. The summed E-state index contributed by atoms with van der Waals surface area (Å²) in [6.07, 6.45) is 4.42. The SMILES string of the molecule is CCn1ncc(-c2ccn(Cc3ccc(C=O)o3)n2)c1C. The molecule has 0 aliphatic carbocycles. The van der Waals surface area contributed by atoms with E-state index in [1.807, 2.05) is 30.1 Å². The monoisotopic (exact) mass is 284 g/mol. The third-order valence-corrected chi connectivity index (χ3v) is 3.44. The summed E-state index contributed by atoms with van der Waals surface area (Å²) < 4.78 is 9.08. The molecule has 0 amide bonds. The van der Waals surface area contributed by atoms with Gasteiger partial charge in [-0.25, -0.2) is 0 Å². The van der Waals surface area contributed by atoms with E-state index in [0.29, 0.717) is 24.4 Å². The molecule has 0 N–H and O–H groups in total. The Bertz CT molecular complexity index is 766. The Morgan fingerprint density at radius 1 is 1.33 bits per heavy atom. The molecule has 0 bridgehead atoms. The number of aromatic nitrogens is 4. The van der Waals surface area contributed by atoms with Crippen molar-refractivity contribution >= 4 is 6.29 Å². The summed E-state index contributed by atoms with van der Waals surface area (Å²) in [4.78, 5) is 10.6. The molecule has 3 rings (SSSR count). The summed E-state index contributed by atoms with van der Waals surface area (Å²) in [7, 11) is 0. The number of carbonyl (C=O) groups excluding carboxylic acids is 1. The van der Waals surface area contributed by atoms with Crippen molar-refractivity contribution in [2.24, 2.45) is 0 Å². The molecule has 0 aliphatic heterocycles. The quantitative estimate of drug-likeness (QED) is 0.675. The van der Waals surface area contributed by atoms with Crippen LogP contribution < -0.4 is 0 Å². The molecule has 0 spiro atoms. The molecule has 21 heavy (non-hydrogen) atoms. The van der Waals surface area contributed by atoms with Crippen molar-refractivity contribution in [3.8, 4) is 11.3 Å². The minimum atomic E-state index is 0.331. The normalized spacial score (nSPS) is 11.0. The Hall–Kier alpha value is -2.63. The smallest absolute Gasteiger partial charge is 0.185 e. The highest BCUT2D eigenvalue weighted by atomic mass is 16.3. The van der Waals surface area contributed by atoms with E-state index in [1.54, 1.807) is 16.8 Å². The van der Waals surface area contributed by atoms with Gasteiger partial charge in [-0.3, -0.25) is 14.2 Å². The Kier molecular flexibility index (Phi) is 3.43. The molecule has 0 radical (unpaired) electrons. The van der Waals surface area contributed by atoms with Gasteiger partial charge in [0.25, 0.3) is 0 Å². The fraction of sp³-hybridized carbons (Fsp3) is 0.267. The average molecular weight is 284 g/mol. The van der Waals surface area contributed by atoms with Gasteiger partial charge in [-0.2, -0.15) is 10.2 Å². The second-order valence-electron chi connectivity index (χ2n) is 4.78. The van der Waals surface area contributed by atoms with Gasteiger partial charge in [0.2, 0.25) is 0 Å². The Morgan fingerprint density at radius 2 is 2.19 bits per heavy atom. The van der Waals surface area contributed by atoms with Gasteiger partial charge in [-0.15, -0.1) is 0 Å². The molecule has 0 fully saturated rings. The molecule has 3 aromatic heterocycles. The third kappa shape index (κ3) is 2.52. The summed E-state index contributed by atoms with van der Waals surface area (Å²) in [6, 6.07) is 5.39. The first kappa shape index (κ1) is 13.4. The van der Waals surface area contributed by atoms with Crippen LogP contribution in [-0.2, 0) is 13.1 Å². The molecular weight excluding hydrogens is 268 g/mol. The summed E-state index contributed by atoms with van der Waals surface area (Å²) in [6.45, 7) is 5.43. The fourth-order valence-electron chi connectivity index (χ4n) is 2.31. The van der Waals surface area contributed by atoms with Crippen molar-refractivity contribution in [2.75, 3.05) is 0 Å². The number of hydrogen-bond acceptors (Lipinski definition) is 4. The maximum absolute atomic E-state index is 10.6. The van der Waals surface area contributed by atoms with Crippen LogP contribution in [0.25, 0.3) is 11.3 Å². The summed E-state index contributed by atoms with van der Waals surface area (Å²) in [5.74, 6) is 1.03. The van der Waals surface area contributed by atoms with Gasteiger partial charge in [0.15, 0.2) is 12.0 Å². The van der Waals surface area contributed by atoms with Gasteiger partial charge in [-0.05, 0) is 32.0 Å². The lowest BCUT2D eigenvalue weighted by molar-refractivity contribution is 0.109. The maximum Gasteiger partial charge on any atom is 0.185 e. The van der Waals surface area contributed by atoms with Crippen molar-refractivity contribution in [3.05, 3.63) is 47.8 Å². The Morgan fingerprint density at radius 3 is 2.86 bits per heavy atom. The predicted octanol–water partition coefficient (Wildman–Crippen LogP) is 2.53. The number of aldehydes is 1. The van der Waals surface area contributed by atoms with Crippen molar-refractivity contribution in [2.45, 2.75) is 26.9 Å². The average Bonchev–Trinajstić information content (AvgIpc) is 3.19. The van der Waals surface area contributed by atoms with Crippen LogP contribution in [0, 0.1) is 6.92 Å². The van der Waals surface area contributed by atoms with Gasteiger partial charge >= 0.3 is 0 Å². The van der Waals surface area contributed by atoms with Crippen LogP contribution in [0.4, 0.5) is 0 Å². The molecule has 6 heteroatoms. The topological polar surface area (TPSA) is 65.8 Å². The molecule has 108 valence electrons. The summed E-state index contributed by atoms with van der Waals surface area (Å²) in [5, 5.41) is 8.86. The molecule has 0 aliphatic rings. The number of nitrogens with zero attached hydrogens (tertiary/aromatic N) is 4. The first-order valence-corrected chi connectivity index (χ1v) is 6.81. The zero-order valence-corrected chi connectivity index (χ0v) is 12.0. The molecule has 0 saturated carbocycles. The van der Waals surface area contributed by atoms with E-state index >= 15 is 0 Å². The second kappa shape index (κ2) is 5.40. The fourth-order valence-corrected chi connectivity index (χ4v) is 2.31. The van der Waals surface area contributed by atoms with Gasteiger partial charge in [-0.1, -0.05) is 0 Å². The number of hydrogen-bond donors (Lipinski definition) is 0. The van der Waals surface area contributed by atoms with Crippen molar-refractivity contribution in [1.82, 2.24) is 19.6 Å². The van der Waals surface area contributed by atoms with Crippen LogP contribution in [0.2, 0.25) is 0 Å². The van der Waals surface area contributed by atoms with Crippen LogP contribution in [0.15, 0.2) is 35.0 Å². The zero-order chi connectivity index (χ0) is 14.8.